The summed E-state index contributed by atoms with van der Waals surface area (Å²) >= 11 is 0. The number of likely N-dealkylation sites (tertiary alicyclic amines) is 1. The van der Waals surface area contributed by atoms with Gasteiger partial charge in [0.2, 0.25) is 5.91 Å². The van der Waals surface area contributed by atoms with E-state index in [1.54, 1.807) is 18.2 Å². The van der Waals surface area contributed by atoms with Gasteiger partial charge >= 0.3 is 6.09 Å². The van der Waals surface area contributed by atoms with Gasteiger partial charge < -0.3 is 24.6 Å². The summed E-state index contributed by atoms with van der Waals surface area (Å²) in [5.41, 5.74) is 0.425. The molecule has 26 heavy (non-hydrogen) atoms. The van der Waals surface area contributed by atoms with Gasteiger partial charge in [0.05, 0.1) is 39.2 Å². The maximum absolute atomic E-state index is 12.7. The number of β-amino-alcohol motifs (C(OH)–C–C–N with tert-alkyl or cyclic N) is 1. The number of nitrogens with one attached hydrogen (secondary N) is 1. The lowest BCUT2D eigenvalue weighted by Crippen LogP contribution is -2.43. The maximum atomic E-state index is 12.7. The van der Waals surface area contributed by atoms with Crippen molar-refractivity contribution in [1.29, 1.82) is 0 Å². The van der Waals surface area contributed by atoms with Gasteiger partial charge in [0, 0.05) is 12.5 Å². The molecular weight excluding hydrogens is 340 g/mol. The van der Waals surface area contributed by atoms with Crippen LogP contribution >= 0.6 is 0 Å². The molecule has 8 heteroatoms. The number of carbonyl (C=O) groups is 2. The largest absolute Gasteiger partial charge is 0.497 e. The Balaban J connectivity index is 2.13. The summed E-state index contributed by atoms with van der Waals surface area (Å²) in [6.07, 6.45) is -1.23. The Bertz CT molecular complexity index is 649. The Hall–Kier alpha value is -2.48. The molecule has 1 heterocycles. The highest BCUT2D eigenvalue weighted by molar-refractivity contribution is 5.98. The highest BCUT2D eigenvalue weighted by Crippen LogP contribution is 2.30. The van der Waals surface area contributed by atoms with Crippen LogP contribution in [0.25, 0.3) is 0 Å². The third kappa shape index (κ3) is 4.78. The number of anilines is 1. The average molecular weight is 366 g/mol. The van der Waals surface area contributed by atoms with Crippen LogP contribution in [0.1, 0.15) is 20.3 Å². The molecule has 2 N–H and O–H groups in total. The van der Waals surface area contributed by atoms with Crippen LogP contribution in [-0.4, -0.2) is 61.5 Å². The lowest BCUT2D eigenvalue weighted by Gasteiger charge is -2.24. The molecule has 1 aromatic carbocycles. The van der Waals surface area contributed by atoms with Crippen molar-refractivity contribution in [3.63, 3.8) is 0 Å². The average Bonchev–Trinajstić information content (AvgIpc) is 3.01. The molecular formula is C18H26N2O6. The van der Waals surface area contributed by atoms with Crippen molar-refractivity contribution in [3.8, 4) is 11.5 Å². The van der Waals surface area contributed by atoms with E-state index >= 15 is 0 Å². The standard InChI is InChI=1S/C18H26N2O6/c1-11(2)10-26-18(23)20-9-12(21)7-15(20)17(22)19-14-8-13(24-3)5-6-16(14)25-4/h5-6,8,11-12,15,21H,7,9-10H2,1-4H3,(H,19,22)/t12-,15+/m1/s1. The molecule has 0 radical (unpaired) electrons. The Labute approximate surface area is 153 Å². The van der Waals surface area contributed by atoms with Crippen LogP contribution in [0.2, 0.25) is 0 Å². The van der Waals surface area contributed by atoms with E-state index in [9.17, 15) is 14.7 Å². The van der Waals surface area contributed by atoms with E-state index in [2.05, 4.69) is 5.32 Å². The normalized spacial score (nSPS) is 19.4. The second-order valence-electron chi connectivity index (χ2n) is 6.58. The first-order valence-electron chi connectivity index (χ1n) is 8.50. The van der Waals surface area contributed by atoms with Crippen LogP contribution in [-0.2, 0) is 9.53 Å². The molecule has 2 rings (SSSR count). The number of aliphatic hydroxyl groups excluding tert-OH is 1. The van der Waals surface area contributed by atoms with Crippen LogP contribution in [0.15, 0.2) is 18.2 Å². The van der Waals surface area contributed by atoms with Gasteiger partial charge in [-0.25, -0.2) is 4.79 Å². The van der Waals surface area contributed by atoms with E-state index in [0.29, 0.717) is 17.2 Å². The van der Waals surface area contributed by atoms with E-state index < -0.39 is 24.1 Å². The van der Waals surface area contributed by atoms with Crippen molar-refractivity contribution in [2.75, 3.05) is 32.7 Å². The molecule has 0 aromatic heterocycles. The predicted molar refractivity (Wildman–Crippen MR) is 95.5 cm³/mol. The van der Waals surface area contributed by atoms with Crippen LogP contribution in [0, 0.1) is 5.92 Å². The smallest absolute Gasteiger partial charge is 0.410 e. The highest BCUT2D eigenvalue weighted by Gasteiger charge is 2.40. The first-order chi connectivity index (χ1) is 12.3. The summed E-state index contributed by atoms with van der Waals surface area (Å²) in [7, 11) is 3.01. The molecule has 0 aliphatic carbocycles. The number of hydrogen-bond acceptors (Lipinski definition) is 6. The minimum absolute atomic E-state index is 0.0598. The van der Waals surface area contributed by atoms with Crippen molar-refractivity contribution in [1.82, 2.24) is 4.90 Å². The van der Waals surface area contributed by atoms with Gasteiger partial charge in [-0.15, -0.1) is 0 Å². The van der Waals surface area contributed by atoms with Crippen molar-refractivity contribution >= 4 is 17.7 Å². The number of rotatable bonds is 6. The molecule has 2 amide bonds. The number of benzene rings is 1. The van der Waals surface area contributed by atoms with Gasteiger partial charge in [0.25, 0.3) is 0 Å². The van der Waals surface area contributed by atoms with Crippen molar-refractivity contribution < 1.29 is 28.9 Å². The van der Waals surface area contributed by atoms with Gasteiger partial charge in [-0.3, -0.25) is 9.69 Å². The minimum Gasteiger partial charge on any atom is -0.497 e. The fourth-order valence-corrected chi connectivity index (χ4v) is 2.71. The maximum Gasteiger partial charge on any atom is 0.410 e. The highest BCUT2D eigenvalue weighted by atomic mass is 16.6. The molecule has 1 aromatic rings. The van der Waals surface area contributed by atoms with Gasteiger partial charge in [-0.2, -0.15) is 0 Å². The number of nitrogens with zero attached hydrogens (tertiary/aromatic N) is 1. The number of methoxy groups -OCH3 is 2. The third-order valence-electron chi connectivity index (χ3n) is 4.02. The number of ether oxygens (including phenoxy) is 3. The molecule has 1 aliphatic heterocycles. The van der Waals surface area contributed by atoms with Crippen LogP contribution in [0.3, 0.4) is 0 Å². The van der Waals surface area contributed by atoms with E-state index in [4.69, 9.17) is 14.2 Å². The predicted octanol–water partition coefficient (Wildman–Crippen LogP) is 1.87. The lowest BCUT2D eigenvalue weighted by atomic mass is 10.1. The fourth-order valence-electron chi connectivity index (χ4n) is 2.71. The minimum atomic E-state index is -0.819. The summed E-state index contributed by atoms with van der Waals surface area (Å²) in [4.78, 5) is 26.2. The van der Waals surface area contributed by atoms with Crippen molar-refractivity contribution in [2.24, 2.45) is 5.92 Å². The summed E-state index contributed by atoms with van der Waals surface area (Å²) in [6, 6.07) is 4.19. The summed E-state index contributed by atoms with van der Waals surface area (Å²) in [5, 5.41) is 12.7. The molecule has 1 saturated heterocycles. The van der Waals surface area contributed by atoms with Crippen LogP contribution < -0.4 is 14.8 Å². The van der Waals surface area contributed by atoms with Gasteiger partial charge in [0.15, 0.2) is 0 Å². The molecule has 8 nitrogen and oxygen atoms in total. The number of aliphatic hydroxyl groups is 1. The van der Waals surface area contributed by atoms with Gasteiger partial charge in [-0.05, 0) is 18.1 Å². The van der Waals surface area contributed by atoms with Crippen molar-refractivity contribution in [2.45, 2.75) is 32.4 Å². The summed E-state index contributed by atoms with van der Waals surface area (Å²) < 4.78 is 15.6. The Morgan fingerprint density at radius 1 is 1.31 bits per heavy atom. The van der Waals surface area contributed by atoms with Gasteiger partial charge in [-0.1, -0.05) is 13.8 Å². The van der Waals surface area contributed by atoms with Crippen molar-refractivity contribution in [3.05, 3.63) is 18.2 Å². The zero-order chi connectivity index (χ0) is 19.3. The summed E-state index contributed by atoms with van der Waals surface area (Å²) in [5.74, 6) is 0.779. The number of amides is 2. The zero-order valence-corrected chi connectivity index (χ0v) is 15.5. The molecule has 0 unspecified atom stereocenters. The Kier molecular flexibility index (Phi) is 6.68. The number of carbonyl (C=O) groups excluding carboxylic acids is 2. The first kappa shape index (κ1) is 19.8. The molecule has 1 fully saturated rings. The second kappa shape index (κ2) is 8.75. The Morgan fingerprint density at radius 2 is 2.04 bits per heavy atom. The van der Waals surface area contributed by atoms with E-state index in [1.807, 2.05) is 13.8 Å². The SMILES string of the molecule is COc1ccc(OC)c(NC(=O)[C@@H]2C[C@@H](O)CN2C(=O)OCC(C)C)c1. The molecule has 144 valence electrons. The molecule has 0 saturated carbocycles. The topological polar surface area (TPSA) is 97.3 Å². The second-order valence-corrected chi connectivity index (χ2v) is 6.58. The fraction of sp³-hybridized carbons (Fsp3) is 0.556. The van der Waals surface area contributed by atoms with Crippen LogP contribution in [0.5, 0.6) is 11.5 Å². The third-order valence-corrected chi connectivity index (χ3v) is 4.02. The molecule has 0 bridgehead atoms. The first-order valence-corrected chi connectivity index (χ1v) is 8.50. The van der Waals surface area contributed by atoms with E-state index in [0.717, 1.165) is 0 Å². The van der Waals surface area contributed by atoms with Crippen LogP contribution in [0.4, 0.5) is 10.5 Å². The quantitative estimate of drug-likeness (QED) is 0.798. The summed E-state index contributed by atoms with van der Waals surface area (Å²) in [6.45, 7) is 4.16. The zero-order valence-electron chi connectivity index (χ0n) is 15.5. The number of hydrogen-bond donors (Lipinski definition) is 2. The molecule has 2 atom stereocenters. The molecule has 1 aliphatic rings. The molecule has 0 spiro atoms. The van der Waals surface area contributed by atoms with E-state index in [-0.39, 0.29) is 25.5 Å². The Morgan fingerprint density at radius 3 is 2.65 bits per heavy atom. The van der Waals surface area contributed by atoms with Gasteiger partial charge in [0.1, 0.15) is 17.5 Å². The lowest BCUT2D eigenvalue weighted by molar-refractivity contribution is -0.120. The monoisotopic (exact) mass is 366 g/mol. The van der Waals surface area contributed by atoms with E-state index in [1.165, 1.54) is 19.1 Å².